The van der Waals surface area contributed by atoms with E-state index in [1.165, 1.54) is 11.3 Å². The van der Waals surface area contributed by atoms with Crippen LogP contribution < -0.4 is 0 Å². The van der Waals surface area contributed by atoms with E-state index in [1.807, 2.05) is 45.0 Å². The van der Waals surface area contributed by atoms with Gasteiger partial charge in [0.2, 0.25) is 0 Å². The summed E-state index contributed by atoms with van der Waals surface area (Å²) in [5.41, 5.74) is 3.64. The molecule has 3 rings (SSSR count). The van der Waals surface area contributed by atoms with Crippen LogP contribution in [0.5, 0.6) is 0 Å². The van der Waals surface area contributed by atoms with Gasteiger partial charge in [0.1, 0.15) is 10.1 Å². The van der Waals surface area contributed by atoms with Crippen molar-refractivity contribution in [2.45, 2.75) is 40.0 Å². The Bertz CT molecular complexity index is 878. The fourth-order valence-electron chi connectivity index (χ4n) is 3.24. The number of Topliss-reactive ketones (excluding diaryl/α,β-unsaturated/α-hetero) is 1. The van der Waals surface area contributed by atoms with E-state index in [0.717, 1.165) is 28.7 Å². The van der Waals surface area contributed by atoms with Crippen molar-refractivity contribution in [1.29, 1.82) is 0 Å². The molecule has 2 nitrogen and oxygen atoms in total. The number of carbonyl (C=O) groups excluding carboxylic acids is 1. The third-order valence-corrected chi connectivity index (χ3v) is 6.35. The second kappa shape index (κ2) is 6.79. The monoisotopic (exact) mass is 394 g/mol. The van der Waals surface area contributed by atoms with Gasteiger partial charge in [-0.15, -0.1) is 11.3 Å². The van der Waals surface area contributed by atoms with Gasteiger partial charge in [-0.2, -0.15) is 0 Å². The topological polar surface area (TPSA) is 37.3 Å². The lowest BCUT2D eigenvalue weighted by molar-refractivity contribution is -0.115. The van der Waals surface area contributed by atoms with Crippen molar-refractivity contribution >= 4 is 45.9 Å². The van der Waals surface area contributed by atoms with Gasteiger partial charge < -0.3 is 5.11 Å². The predicted molar refractivity (Wildman–Crippen MR) is 107 cm³/mol. The standard InChI is InChI=1S/C20H20Cl2O2S/c1-4-11-5-6-12(14-10-16(21)25-19(14)22)9-13(11)17-15(23)7-8-20(2,3)18(17)24/h5-6,9-10,24H,4,7-8H2,1-3H3. The zero-order chi connectivity index (χ0) is 18.4. The lowest BCUT2D eigenvalue weighted by Gasteiger charge is -2.31. The van der Waals surface area contributed by atoms with Gasteiger partial charge >= 0.3 is 0 Å². The SMILES string of the molecule is CCc1ccc(-c2cc(Cl)sc2Cl)cc1C1=C(O)C(C)(C)CCC1=O. The molecule has 0 spiro atoms. The number of aliphatic hydroxyl groups excluding tert-OH is 1. The first-order valence-electron chi connectivity index (χ1n) is 8.30. The number of aryl methyl sites for hydroxylation is 1. The molecule has 1 aliphatic rings. The molecule has 132 valence electrons. The van der Waals surface area contributed by atoms with E-state index in [0.29, 0.717) is 27.1 Å². The molecule has 0 unspecified atom stereocenters. The number of rotatable bonds is 3. The summed E-state index contributed by atoms with van der Waals surface area (Å²) in [7, 11) is 0. The van der Waals surface area contributed by atoms with Crippen LogP contribution in [0.4, 0.5) is 0 Å². The normalized spacial score (nSPS) is 17.2. The van der Waals surface area contributed by atoms with E-state index in [-0.39, 0.29) is 11.5 Å². The molecule has 1 N–H and O–H groups in total. The van der Waals surface area contributed by atoms with E-state index in [9.17, 15) is 9.90 Å². The summed E-state index contributed by atoms with van der Waals surface area (Å²) in [6, 6.07) is 7.78. The highest BCUT2D eigenvalue weighted by atomic mass is 35.5. The molecule has 0 atom stereocenters. The van der Waals surface area contributed by atoms with Crippen LogP contribution in [0, 0.1) is 5.41 Å². The van der Waals surface area contributed by atoms with Crippen molar-refractivity contribution in [3.8, 4) is 11.1 Å². The maximum Gasteiger partial charge on any atom is 0.166 e. The molecule has 25 heavy (non-hydrogen) atoms. The summed E-state index contributed by atoms with van der Waals surface area (Å²) in [5, 5.41) is 10.8. The van der Waals surface area contributed by atoms with Gasteiger partial charge in [0, 0.05) is 17.4 Å². The second-order valence-corrected chi connectivity index (χ2v) is 9.28. The predicted octanol–water partition coefficient (Wildman–Crippen LogP) is 6.94. The summed E-state index contributed by atoms with van der Waals surface area (Å²) in [6.07, 6.45) is 1.89. The summed E-state index contributed by atoms with van der Waals surface area (Å²) in [4.78, 5) is 12.6. The molecule has 0 saturated carbocycles. The van der Waals surface area contributed by atoms with Crippen molar-refractivity contribution in [2.24, 2.45) is 5.41 Å². The van der Waals surface area contributed by atoms with Gasteiger partial charge in [-0.1, -0.05) is 56.1 Å². The van der Waals surface area contributed by atoms with Crippen molar-refractivity contribution in [3.05, 3.63) is 49.8 Å². The maximum absolute atomic E-state index is 12.6. The number of hydrogen-bond acceptors (Lipinski definition) is 3. The molecule has 0 radical (unpaired) electrons. The average Bonchev–Trinajstić information content (AvgIpc) is 2.90. The van der Waals surface area contributed by atoms with Gasteiger partial charge in [0.05, 0.1) is 9.91 Å². The van der Waals surface area contributed by atoms with Crippen molar-refractivity contribution in [1.82, 2.24) is 0 Å². The lowest BCUT2D eigenvalue weighted by Crippen LogP contribution is -2.25. The summed E-state index contributed by atoms with van der Waals surface area (Å²) in [5.74, 6) is 0.183. The number of carbonyl (C=O) groups is 1. The molecule has 1 aromatic heterocycles. The number of ketones is 1. The third kappa shape index (κ3) is 3.38. The van der Waals surface area contributed by atoms with E-state index < -0.39 is 5.41 Å². The first-order chi connectivity index (χ1) is 11.7. The summed E-state index contributed by atoms with van der Waals surface area (Å²) >= 11 is 13.7. The van der Waals surface area contributed by atoms with E-state index in [1.54, 1.807) is 0 Å². The smallest absolute Gasteiger partial charge is 0.166 e. The van der Waals surface area contributed by atoms with Crippen LogP contribution in [0.1, 0.15) is 44.7 Å². The lowest BCUT2D eigenvalue weighted by atomic mass is 9.74. The number of allylic oxidation sites excluding steroid dienone is 2. The van der Waals surface area contributed by atoms with Gasteiger partial charge in [-0.25, -0.2) is 0 Å². The first kappa shape index (κ1) is 18.5. The highest BCUT2D eigenvalue weighted by Crippen LogP contribution is 2.44. The molecule has 1 heterocycles. The van der Waals surface area contributed by atoms with Gasteiger partial charge in [-0.3, -0.25) is 4.79 Å². The van der Waals surface area contributed by atoms with Gasteiger partial charge in [0.25, 0.3) is 0 Å². The molecular formula is C20H20Cl2O2S. The molecule has 0 fully saturated rings. The van der Waals surface area contributed by atoms with Crippen molar-refractivity contribution in [2.75, 3.05) is 0 Å². The minimum absolute atomic E-state index is 0.00174. The molecule has 2 aromatic rings. The van der Waals surface area contributed by atoms with Crippen LogP contribution in [0.3, 0.4) is 0 Å². The summed E-state index contributed by atoms with van der Waals surface area (Å²) in [6.45, 7) is 5.99. The Kier molecular flexibility index (Phi) is 5.02. The Balaban J connectivity index is 2.23. The number of benzene rings is 1. The van der Waals surface area contributed by atoms with Crippen LogP contribution in [0.2, 0.25) is 8.67 Å². The molecular weight excluding hydrogens is 375 g/mol. The van der Waals surface area contributed by atoms with Crippen LogP contribution >= 0.6 is 34.5 Å². The van der Waals surface area contributed by atoms with E-state index in [4.69, 9.17) is 23.2 Å². The third-order valence-electron chi connectivity index (χ3n) is 4.86. The molecule has 0 aliphatic heterocycles. The highest BCUT2D eigenvalue weighted by Gasteiger charge is 2.35. The number of aliphatic hydroxyl groups is 1. The van der Waals surface area contributed by atoms with E-state index >= 15 is 0 Å². The van der Waals surface area contributed by atoms with Crippen LogP contribution in [0.15, 0.2) is 30.0 Å². The van der Waals surface area contributed by atoms with Crippen LogP contribution in [0.25, 0.3) is 16.7 Å². The first-order valence-corrected chi connectivity index (χ1v) is 9.87. The van der Waals surface area contributed by atoms with Crippen molar-refractivity contribution in [3.63, 3.8) is 0 Å². The average molecular weight is 395 g/mol. The minimum atomic E-state index is -0.395. The number of thiophene rings is 1. The zero-order valence-corrected chi connectivity index (χ0v) is 16.8. The maximum atomic E-state index is 12.6. The minimum Gasteiger partial charge on any atom is -0.511 e. The Morgan fingerprint density at radius 2 is 1.92 bits per heavy atom. The number of halogens is 2. The fourth-order valence-corrected chi connectivity index (χ4v) is 4.75. The van der Waals surface area contributed by atoms with Gasteiger partial charge in [-0.05, 0) is 41.7 Å². The van der Waals surface area contributed by atoms with Crippen LogP contribution in [-0.2, 0) is 11.2 Å². The van der Waals surface area contributed by atoms with Crippen molar-refractivity contribution < 1.29 is 9.90 Å². The van der Waals surface area contributed by atoms with Gasteiger partial charge in [0.15, 0.2) is 5.78 Å². The number of hydrogen-bond donors (Lipinski definition) is 1. The second-order valence-electron chi connectivity index (χ2n) is 6.99. The molecule has 0 bridgehead atoms. The molecule has 1 aliphatic carbocycles. The molecule has 5 heteroatoms. The van der Waals surface area contributed by atoms with E-state index in [2.05, 4.69) is 0 Å². The molecule has 0 saturated heterocycles. The fraction of sp³-hybridized carbons (Fsp3) is 0.350. The Hall–Kier alpha value is -1.29. The zero-order valence-electron chi connectivity index (χ0n) is 14.5. The molecule has 1 aromatic carbocycles. The molecule has 0 amide bonds. The Morgan fingerprint density at radius 3 is 2.52 bits per heavy atom. The Morgan fingerprint density at radius 1 is 1.20 bits per heavy atom. The van der Waals surface area contributed by atoms with Crippen LogP contribution in [-0.4, -0.2) is 10.9 Å². The quantitative estimate of drug-likeness (QED) is 0.611. The Labute approximate surface area is 162 Å². The largest absolute Gasteiger partial charge is 0.511 e. The summed E-state index contributed by atoms with van der Waals surface area (Å²) < 4.78 is 1.24. The highest BCUT2D eigenvalue weighted by molar-refractivity contribution is 7.20.